The Morgan fingerprint density at radius 3 is 2.44 bits per heavy atom. The summed E-state index contributed by atoms with van der Waals surface area (Å²) in [6.07, 6.45) is 0. The molecule has 9 nitrogen and oxygen atoms in total. The van der Waals surface area contributed by atoms with Crippen molar-refractivity contribution in [3.8, 4) is 0 Å². The quantitative estimate of drug-likeness (QED) is 0.562. The van der Waals surface area contributed by atoms with Gasteiger partial charge in [-0.25, -0.2) is 9.37 Å². The molecule has 0 N–H and O–H groups in total. The average Bonchev–Trinajstić information content (AvgIpc) is 3.15. The normalized spacial score (nSPS) is 19.9. The molecule has 3 amide bonds. The zero-order valence-electron chi connectivity index (χ0n) is 16.8. The number of ether oxygens (including phenoxy) is 1. The largest absolute Gasteiger partial charge is 0.421 e. The van der Waals surface area contributed by atoms with Gasteiger partial charge >= 0.3 is 12.0 Å². The Balaban J connectivity index is 2.04. The van der Waals surface area contributed by atoms with Crippen molar-refractivity contribution in [2.45, 2.75) is 40.7 Å². The number of fused-ring (bicyclic) bond motifs is 1. The van der Waals surface area contributed by atoms with Crippen LogP contribution >= 0.6 is 0 Å². The molecule has 27 heavy (non-hydrogen) atoms. The molecule has 2 aliphatic heterocycles. The lowest BCUT2D eigenvalue weighted by atomic mass is 10.1. The Morgan fingerprint density at radius 1 is 1.19 bits per heavy atom. The van der Waals surface area contributed by atoms with E-state index in [0.29, 0.717) is 31.6 Å². The van der Waals surface area contributed by atoms with Gasteiger partial charge in [0, 0.05) is 19.2 Å². The monoisotopic (exact) mass is 375 g/mol. The van der Waals surface area contributed by atoms with E-state index in [2.05, 4.69) is 10.1 Å². The fourth-order valence-electron chi connectivity index (χ4n) is 3.42. The van der Waals surface area contributed by atoms with Gasteiger partial charge in [0.05, 0.1) is 25.4 Å². The van der Waals surface area contributed by atoms with Crippen molar-refractivity contribution >= 4 is 23.7 Å². The van der Waals surface area contributed by atoms with E-state index in [-0.39, 0.29) is 18.5 Å². The van der Waals surface area contributed by atoms with Gasteiger partial charge in [0.15, 0.2) is 0 Å². The Morgan fingerprint density at radius 2 is 1.89 bits per heavy atom. The van der Waals surface area contributed by atoms with Gasteiger partial charge in [0.2, 0.25) is 11.9 Å². The van der Waals surface area contributed by atoms with E-state index in [1.807, 2.05) is 39.2 Å². The van der Waals surface area contributed by atoms with Gasteiger partial charge < -0.3 is 4.74 Å². The van der Waals surface area contributed by atoms with Crippen molar-refractivity contribution < 1.29 is 18.9 Å². The number of nitrogens with zero attached hydrogens (tertiary/aromatic N) is 6. The van der Waals surface area contributed by atoms with Crippen molar-refractivity contribution in [1.29, 1.82) is 0 Å². The molecular weight excluding hydrogens is 348 g/mol. The molecule has 1 saturated heterocycles. The van der Waals surface area contributed by atoms with Crippen LogP contribution in [0.4, 0.5) is 4.79 Å². The number of carbonyl (C=O) groups is 2. The zero-order valence-corrected chi connectivity index (χ0v) is 16.8. The number of aromatic nitrogens is 2. The van der Waals surface area contributed by atoms with Crippen molar-refractivity contribution in [3.63, 3.8) is 0 Å². The third kappa shape index (κ3) is 2.95. The van der Waals surface area contributed by atoms with Crippen LogP contribution in [0, 0.1) is 20.8 Å². The highest BCUT2D eigenvalue weighted by molar-refractivity contribution is 6.23. The van der Waals surface area contributed by atoms with Gasteiger partial charge in [0.1, 0.15) is 5.69 Å². The van der Waals surface area contributed by atoms with E-state index < -0.39 is 6.04 Å². The minimum atomic E-state index is -0.626. The summed E-state index contributed by atoms with van der Waals surface area (Å²) in [4.78, 5) is 33.1. The van der Waals surface area contributed by atoms with E-state index in [1.54, 1.807) is 11.7 Å². The van der Waals surface area contributed by atoms with Crippen LogP contribution in [0.5, 0.6) is 0 Å². The maximum Gasteiger partial charge on any atom is 0.421 e. The second kappa shape index (κ2) is 7.22. The molecule has 1 unspecified atom stereocenters. The van der Waals surface area contributed by atoms with Gasteiger partial charge in [-0.2, -0.15) is 0 Å². The number of amides is 3. The molecular formula is C18H27N6O3+. The fraction of sp³-hybridized carbons (Fsp3) is 0.611. The molecule has 2 aliphatic rings. The highest BCUT2D eigenvalue weighted by Gasteiger charge is 2.52. The Labute approximate surface area is 158 Å². The van der Waals surface area contributed by atoms with Gasteiger partial charge in [-0.3, -0.25) is 14.6 Å². The molecule has 9 heteroatoms. The molecule has 0 bridgehead atoms. The van der Waals surface area contributed by atoms with E-state index in [4.69, 9.17) is 4.74 Å². The average molecular weight is 375 g/mol. The summed E-state index contributed by atoms with van der Waals surface area (Å²) in [5.41, 5.74) is 2.97. The molecule has 1 atom stereocenters. The first-order valence-corrected chi connectivity index (χ1v) is 9.25. The number of urea groups is 1. The lowest BCUT2D eigenvalue weighted by molar-refractivity contribution is -0.534. The fourth-order valence-corrected chi connectivity index (χ4v) is 3.42. The maximum atomic E-state index is 13.1. The highest BCUT2D eigenvalue weighted by atomic mass is 16.5. The predicted octanol–water partition coefficient (Wildman–Crippen LogP) is 0.756. The number of hydrogen-bond donors (Lipinski definition) is 0. The minimum absolute atomic E-state index is 0.228. The Bertz CT molecular complexity index is 854. The number of carbonyl (C=O) groups excluding carboxylic acids is 2. The lowest BCUT2D eigenvalue weighted by Gasteiger charge is -2.33. The molecule has 1 fully saturated rings. The molecule has 1 aromatic heterocycles. The number of hydrogen-bond acceptors (Lipinski definition) is 5. The molecule has 0 aliphatic carbocycles. The number of likely N-dealkylation sites (N-methyl/N-ethyl adjacent to an activating group) is 2. The summed E-state index contributed by atoms with van der Waals surface area (Å²) >= 11 is 0. The molecule has 146 valence electrons. The van der Waals surface area contributed by atoms with Gasteiger partial charge in [-0.05, 0) is 34.6 Å². The maximum absolute atomic E-state index is 13.1. The van der Waals surface area contributed by atoms with Crippen molar-refractivity contribution in [2.75, 3.05) is 33.4 Å². The van der Waals surface area contributed by atoms with Gasteiger partial charge in [0.25, 0.3) is 5.91 Å². The number of amidine groups is 1. The number of imide groups is 1. The molecule has 3 heterocycles. The van der Waals surface area contributed by atoms with Crippen LogP contribution in [0.25, 0.3) is 0 Å². The van der Waals surface area contributed by atoms with Crippen LogP contribution < -0.4 is 0 Å². The second-order valence-electron chi connectivity index (χ2n) is 6.69. The van der Waals surface area contributed by atoms with Crippen LogP contribution in [0.2, 0.25) is 0 Å². The van der Waals surface area contributed by atoms with Crippen LogP contribution in [-0.4, -0.2) is 87.3 Å². The van der Waals surface area contributed by atoms with Crippen molar-refractivity contribution in [1.82, 2.24) is 19.6 Å². The summed E-state index contributed by atoms with van der Waals surface area (Å²) in [6.45, 7) is 11.4. The molecule has 0 spiro atoms. The summed E-state index contributed by atoms with van der Waals surface area (Å²) in [5, 5.41) is 4.58. The predicted molar refractivity (Wildman–Crippen MR) is 100 cm³/mol. The first-order valence-electron chi connectivity index (χ1n) is 9.25. The van der Waals surface area contributed by atoms with Crippen LogP contribution in [0.15, 0.2) is 4.99 Å². The molecule has 0 saturated carbocycles. The summed E-state index contributed by atoms with van der Waals surface area (Å²) < 4.78 is 8.98. The van der Waals surface area contributed by atoms with Crippen LogP contribution in [-0.2, 0) is 9.53 Å². The summed E-state index contributed by atoms with van der Waals surface area (Å²) in [6, 6.07) is -1.00. The number of aliphatic imine (C=N–C) groups is 1. The summed E-state index contributed by atoms with van der Waals surface area (Å²) in [7, 11) is 1.65. The molecule has 0 radical (unpaired) electrons. The first kappa shape index (κ1) is 19.2. The molecule has 1 aromatic rings. The molecule has 3 rings (SSSR count). The number of aryl methyl sites for hydroxylation is 1. The van der Waals surface area contributed by atoms with E-state index in [0.717, 1.165) is 17.0 Å². The standard InChI is InChI=1S/C18H27N6O3/c1-7-22-14-15(19-17(22)24-13(5)11(3)12(4)20-24)21(6)18(26)23(16(14)25)9-10-27-8-2/h14H,7-10H2,1-6H3/q+1. The van der Waals surface area contributed by atoms with E-state index in [9.17, 15) is 9.59 Å². The van der Waals surface area contributed by atoms with Crippen molar-refractivity contribution in [2.24, 2.45) is 4.99 Å². The van der Waals surface area contributed by atoms with E-state index in [1.165, 1.54) is 9.80 Å². The second-order valence-corrected chi connectivity index (χ2v) is 6.69. The molecule has 0 aromatic carbocycles. The van der Waals surface area contributed by atoms with Crippen molar-refractivity contribution in [3.05, 3.63) is 17.0 Å². The van der Waals surface area contributed by atoms with Gasteiger partial charge in [-0.15, -0.1) is 9.78 Å². The first-order chi connectivity index (χ1) is 12.8. The number of rotatable bonds is 5. The Hall–Kier alpha value is -2.55. The summed E-state index contributed by atoms with van der Waals surface area (Å²) in [5.74, 6) is 0.747. The minimum Gasteiger partial charge on any atom is -0.380 e. The third-order valence-electron chi connectivity index (χ3n) is 5.24. The Kier molecular flexibility index (Phi) is 5.14. The topological polar surface area (TPSA) is 83.0 Å². The van der Waals surface area contributed by atoms with Crippen LogP contribution in [0.1, 0.15) is 30.8 Å². The smallest absolute Gasteiger partial charge is 0.380 e. The third-order valence-corrected chi connectivity index (χ3v) is 5.24. The van der Waals surface area contributed by atoms with Crippen LogP contribution in [0.3, 0.4) is 0 Å². The van der Waals surface area contributed by atoms with E-state index >= 15 is 0 Å². The van der Waals surface area contributed by atoms with Gasteiger partial charge in [-0.1, -0.05) is 4.99 Å². The highest BCUT2D eigenvalue weighted by Crippen LogP contribution is 2.21. The zero-order chi connectivity index (χ0) is 19.9. The lowest BCUT2D eigenvalue weighted by Crippen LogP contribution is -2.63. The SMILES string of the molecule is CCOCCN1C(=O)C2C(=NC(n3nc(C)c(C)c3C)=[N+]2CC)N(C)C1=O.